The van der Waals surface area contributed by atoms with Crippen molar-refractivity contribution in [2.24, 2.45) is 0 Å². The molecule has 6 nitrogen and oxygen atoms in total. The van der Waals surface area contributed by atoms with Crippen molar-refractivity contribution < 1.29 is 9.47 Å². The normalized spacial score (nSPS) is 11.0. The number of nitrogens with two attached hydrogens (primary N) is 1. The summed E-state index contributed by atoms with van der Waals surface area (Å²) >= 11 is 3.10. The Hall–Kier alpha value is -2.06. The largest absolute Gasteiger partial charge is 0.493 e. The second-order valence-electron chi connectivity index (χ2n) is 5.04. The SMILES string of the molecule is COc1ccc(CCc2nc3c(SC)nc(N)nc3s2)cc1OC. The lowest BCUT2D eigenvalue weighted by Crippen LogP contribution is -1.96. The Bertz CT molecular complexity index is 867. The summed E-state index contributed by atoms with van der Waals surface area (Å²) in [5.74, 6) is 1.76. The van der Waals surface area contributed by atoms with Gasteiger partial charge in [0.15, 0.2) is 11.5 Å². The van der Waals surface area contributed by atoms with Crippen molar-refractivity contribution in [3.63, 3.8) is 0 Å². The summed E-state index contributed by atoms with van der Waals surface area (Å²) in [6.45, 7) is 0. The van der Waals surface area contributed by atoms with Gasteiger partial charge >= 0.3 is 0 Å². The quantitative estimate of drug-likeness (QED) is 0.532. The Balaban J connectivity index is 1.81. The predicted octanol–water partition coefficient (Wildman–Crippen LogP) is 3.19. The van der Waals surface area contributed by atoms with Gasteiger partial charge in [0.2, 0.25) is 5.95 Å². The number of methoxy groups -OCH3 is 2. The van der Waals surface area contributed by atoms with E-state index in [1.807, 2.05) is 24.5 Å². The lowest BCUT2D eigenvalue weighted by atomic mass is 10.1. The molecular formula is C16H18N4O2S2. The lowest BCUT2D eigenvalue weighted by molar-refractivity contribution is 0.354. The maximum absolute atomic E-state index is 5.75. The zero-order chi connectivity index (χ0) is 17.1. The number of nitrogens with zero attached hydrogens (tertiary/aromatic N) is 3. The van der Waals surface area contributed by atoms with E-state index in [1.54, 1.807) is 25.6 Å². The van der Waals surface area contributed by atoms with Crippen LogP contribution in [0.4, 0.5) is 5.95 Å². The lowest BCUT2D eigenvalue weighted by Gasteiger charge is -2.09. The highest BCUT2D eigenvalue weighted by Gasteiger charge is 2.12. The third-order valence-electron chi connectivity index (χ3n) is 3.56. The molecule has 0 spiro atoms. The number of aromatic nitrogens is 3. The molecule has 8 heteroatoms. The number of rotatable bonds is 6. The molecule has 0 fully saturated rings. The summed E-state index contributed by atoms with van der Waals surface area (Å²) in [6, 6.07) is 5.96. The molecule has 1 aromatic carbocycles. The van der Waals surface area contributed by atoms with Crippen LogP contribution in [0, 0.1) is 0 Å². The van der Waals surface area contributed by atoms with Crippen LogP contribution in [0.2, 0.25) is 0 Å². The molecule has 3 rings (SSSR count). The number of thioether (sulfide) groups is 1. The van der Waals surface area contributed by atoms with Crippen LogP contribution >= 0.6 is 23.1 Å². The van der Waals surface area contributed by atoms with Gasteiger partial charge in [-0.25, -0.2) is 15.0 Å². The Labute approximate surface area is 148 Å². The van der Waals surface area contributed by atoms with Gasteiger partial charge in [-0.15, -0.1) is 11.8 Å². The molecule has 0 amide bonds. The fraction of sp³-hybridized carbons (Fsp3) is 0.312. The van der Waals surface area contributed by atoms with Gasteiger partial charge in [0.1, 0.15) is 15.4 Å². The minimum atomic E-state index is 0.293. The highest BCUT2D eigenvalue weighted by atomic mass is 32.2. The van der Waals surface area contributed by atoms with Crippen molar-refractivity contribution in [1.82, 2.24) is 15.0 Å². The molecule has 0 saturated heterocycles. The second-order valence-corrected chi connectivity index (χ2v) is 6.90. The number of aryl methyl sites for hydroxylation is 2. The Morgan fingerprint density at radius 3 is 2.58 bits per heavy atom. The van der Waals surface area contributed by atoms with Gasteiger partial charge in [0.25, 0.3) is 0 Å². The standard InChI is InChI=1S/C16H18N4O2S2/c1-21-10-6-4-9(8-11(10)22-2)5-7-12-18-13-14(23-3)19-16(17)20-15(13)24-12/h4,6,8H,5,7H2,1-3H3,(H2,17,19,20). The molecule has 0 aliphatic rings. The van der Waals surface area contributed by atoms with Gasteiger partial charge < -0.3 is 15.2 Å². The number of nitrogen functional groups attached to an aromatic ring is 1. The van der Waals surface area contributed by atoms with Crippen LogP contribution in [0.1, 0.15) is 10.6 Å². The number of anilines is 1. The second kappa shape index (κ2) is 7.23. The molecule has 0 aliphatic carbocycles. The first-order valence-electron chi connectivity index (χ1n) is 7.32. The summed E-state index contributed by atoms with van der Waals surface area (Å²) < 4.78 is 10.6. The third-order valence-corrected chi connectivity index (χ3v) is 5.24. The fourth-order valence-corrected chi connectivity index (χ4v) is 3.92. The smallest absolute Gasteiger partial charge is 0.222 e. The molecule has 3 aromatic rings. The average molecular weight is 362 g/mol. The third kappa shape index (κ3) is 3.39. The Morgan fingerprint density at radius 1 is 1.08 bits per heavy atom. The molecule has 24 heavy (non-hydrogen) atoms. The summed E-state index contributed by atoms with van der Waals surface area (Å²) in [5, 5.41) is 1.85. The summed E-state index contributed by atoms with van der Waals surface area (Å²) in [5.41, 5.74) is 7.76. The monoisotopic (exact) mass is 362 g/mol. The van der Waals surface area contributed by atoms with Gasteiger partial charge in [-0.1, -0.05) is 17.4 Å². The summed E-state index contributed by atoms with van der Waals surface area (Å²) in [7, 11) is 3.27. The zero-order valence-corrected chi connectivity index (χ0v) is 15.3. The van der Waals surface area contributed by atoms with Crippen LogP contribution < -0.4 is 15.2 Å². The number of thiazole rings is 1. The molecule has 2 N–H and O–H groups in total. The van der Waals surface area contributed by atoms with E-state index in [0.717, 1.165) is 44.7 Å². The molecule has 0 atom stereocenters. The molecule has 0 unspecified atom stereocenters. The molecule has 0 radical (unpaired) electrons. The van der Waals surface area contributed by atoms with Gasteiger partial charge in [-0.2, -0.15) is 0 Å². The minimum Gasteiger partial charge on any atom is -0.493 e. The highest BCUT2D eigenvalue weighted by molar-refractivity contribution is 7.98. The number of ether oxygens (including phenoxy) is 2. The highest BCUT2D eigenvalue weighted by Crippen LogP contribution is 2.30. The molecule has 0 saturated carbocycles. The topological polar surface area (TPSA) is 83.2 Å². The van der Waals surface area contributed by atoms with Crippen LogP contribution in [-0.2, 0) is 12.8 Å². The molecule has 0 aliphatic heterocycles. The first-order chi connectivity index (χ1) is 11.6. The maximum Gasteiger partial charge on any atom is 0.222 e. The molecule has 2 heterocycles. The van der Waals surface area contributed by atoms with E-state index in [9.17, 15) is 0 Å². The van der Waals surface area contributed by atoms with Crippen molar-refractivity contribution in [3.8, 4) is 11.5 Å². The zero-order valence-electron chi connectivity index (χ0n) is 13.7. The number of fused-ring (bicyclic) bond motifs is 1. The van der Waals surface area contributed by atoms with Crippen LogP contribution in [0.25, 0.3) is 10.3 Å². The molecule has 0 bridgehead atoms. The van der Waals surface area contributed by atoms with E-state index in [0.29, 0.717) is 5.95 Å². The Morgan fingerprint density at radius 2 is 1.88 bits per heavy atom. The van der Waals surface area contributed by atoms with E-state index in [2.05, 4.69) is 15.0 Å². The number of hydrogen-bond acceptors (Lipinski definition) is 8. The summed E-state index contributed by atoms with van der Waals surface area (Å²) in [6.07, 6.45) is 3.64. The van der Waals surface area contributed by atoms with E-state index in [1.165, 1.54) is 17.3 Å². The van der Waals surface area contributed by atoms with Crippen LogP contribution in [-0.4, -0.2) is 35.4 Å². The average Bonchev–Trinajstić information content (AvgIpc) is 3.01. The molecule has 2 aromatic heterocycles. The van der Waals surface area contributed by atoms with Gasteiger partial charge in [-0.3, -0.25) is 0 Å². The van der Waals surface area contributed by atoms with Crippen molar-refractivity contribution in [3.05, 3.63) is 28.8 Å². The predicted molar refractivity (Wildman–Crippen MR) is 98.4 cm³/mol. The fourth-order valence-electron chi connectivity index (χ4n) is 2.39. The van der Waals surface area contributed by atoms with E-state index in [4.69, 9.17) is 15.2 Å². The first-order valence-corrected chi connectivity index (χ1v) is 9.36. The van der Waals surface area contributed by atoms with Gasteiger partial charge in [-0.05, 0) is 30.4 Å². The number of hydrogen-bond donors (Lipinski definition) is 1. The molecular weight excluding hydrogens is 344 g/mol. The number of benzene rings is 1. The van der Waals surface area contributed by atoms with E-state index in [-0.39, 0.29) is 0 Å². The van der Waals surface area contributed by atoms with Crippen LogP contribution in [0.5, 0.6) is 11.5 Å². The van der Waals surface area contributed by atoms with Crippen molar-refractivity contribution in [2.45, 2.75) is 17.9 Å². The minimum absolute atomic E-state index is 0.293. The molecule has 126 valence electrons. The van der Waals surface area contributed by atoms with Crippen molar-refractivity contribution in [1.29, 1.82) is 0 Å². The van der Waals surface area contributed by atoms with Gasteiger partial charge in [0.05, 0.1) is 19.2 Å². The van der Waals surface area contributed by atoms with E-state index < -0.39 is 0 Å². The van der Waals surface area contributed by atoms with Crippen molar-refractivity contribution >= 4 is 39.4 Å². The summed E-state index contributed by atoms with van der Waals surface area (Å²) in [4.78, 5) is 14.0. The van der Waals surface area contributed by atoms with Gasteiger partial charge in [0, 0.05) is 6.42 Å². The van der Waals surface area contributed by atoms with Crippen LogP contribution in [0.3, 0.4) is 0 Å². The maximum atomic E-state index is 5.75. The van der Waals surface area contributed by atoms with E-state index >= 15 is 0 Å². The first kappa shape index (κ1) is 16.8. The Kier molecular flexibility index (Phi) is 5.06. The van der Waals surface area contributed by atoms with Crippen molar-refractivity contribution in [2.75, 3.05) is 26.2 Å². The van der Waals surface area contributed by atoms with Crippen LogP contribution in [0.15, 0.2) is 23.2 Å².